The fraction of sp³-hybridized carbons (Fsp3) is 0.571. The first-order valence-electron chi connectivity index (χ1n) is 6.63. The number of aromatic carboxylic acids is 1. The number of rotatable bonds is 5. The Morgan fingerprint density at radius 2 is 2.37 bits per heavy atom. The Morgan fingerprint density at radius 1 is 1.58 bits per heavy atom. The number of anilines is 1. The first-order chi connectivity index (χ1) is 9.08. The summed E-state index contributed by atoms with van der Waals surface area (Å²) in [5.41, 5.74) is 0.0630. The highest BCUT2D eigenvalue weighted by Gasteiger charge is 2.30. The van der Waals surface area contributed by atoms with E-state index in [0.717, 1.165) is 19.6 Å². The van der Waals surface area contributed by atoms with Gasteiger partial charge in [0.2, 0.25) is 0 Å². The van der Waals surface area contributed by atoms with E-state index < -0.39 is 5.97 Å². The molecule has 5 nitrogen and oxygen atoms in total. The van der Waals surface area contributed by atoms with Gasteiger partial charge in [0.05, 0.1) is 6.10 Å². The Bertz CT molecular complexity index is 448. The highest BCUT2D eigenvalue weighted by Crippen LogP contribution is 2.26. The molecule has 1 aliphatic rings. The quantitative estimate of drug-likeness (QED) is 0.853. The number of carboxylic acid groups (broad SMARTS) is 1. The van der Waals surface area contributed by atoms with Crippen LogP contribution in [0, 0.1) is 11.8 Å². The van der Waals surface area contributed by atoms with E-state index in [1.54, 1.807) is 12.1 Å². The van der Waals surface area contributed by atoms with Crippen LogP contribution in [-0.2, 0) is 4.74 Å². The molecule has 1 aromatic heterocycles. The minimum absolute atomic E-state index is 0.0630. The lowest BCUT2D eigenvalue weighted by atomic mass is 9.93. The lowest BCUT2D eigenvalue weighted by Gasteiger charge is -2.22. The molecule has 2 N–H and O–H groups in total. The van der Waals surface area contributed by atoms with Crippen LogP contribution in [0.15, 0.2) is 18.2 Å². The lowest BCUT2D eigenvalue weighted by Crippen LogP contribution is -2.28. The standard InChI is InChI=1S/C14H20N2O3/c1-9(2)13-10(6-7-19-13)8-15-12-5-3-4-11(16-12)14(17)18/h3-5,9-10,13H,6-8H2,1-2H3,(H,15,16)(H,17,18). The first-order valence-corrected chi connectivity index (χ1v) is 6.63. The van der Waals surface area contributed by atoms with Crippen molar-refractivity contribution < 1.29 is 14.6 Å². The molecule has 1 aromatic rings. The van der Waals surface area contributed by atoms with Gasteiger partial charge >= 0.3 is 5.97 Å². The van der Waals surface area contributed by atoms with Gasteiger partial charge in [-0.25, -0.2) is 9.78 Å². The van der Waals surface area contributed by atoms with Crippen LogP contribution in [0.5, 0.6) is 0 Å². The lowest BCUT2D eigenvalue weighted by molar-refractivity contribution is 0.0566. The molecular weight excluding hydrogens is 244 g/mol. The van der Waals surface area contributed by atoms with Gasteiger partial charge in [-0.05, 0) is 24.5 Å². The van der Waals surface area contributed by atoms with Crippen LogP contribution < -0.4 is 5.32 Å². The monoisotopic (exact) mass is 264 g/mol. The van der Waals surface area contributed by atoms with E-state index in [4.69, 9.17) is 9.84 Å². The molecule has 104 valence electrons. The second-order valence-electron chi connectivity index (χ2n) is 5.22. The van der Waals surface area contributed by atoms with Crippen molar-refractivity contribution in [3.05, 3.63) is 23.9 Å². The Balaban J connectivity index is 1.95. The molecule has 2 heterocycles. The van der Waals surface area contributed by atoms with Crippen LogP contribution in [-0.4, -0.2) is 35.3 Å². The zero-order valence-corrected chi connectivity index (χ0v) is 11.3. The van der Waals surface area contributed by atoms with Crippen molar-refractivity contribution in [3.8, 4) is 0 Å². The number of pyridine rings is 1. The Labute approximate surface area is 113 Å². The summed E-state index contributed by atoms with van der Waals surface area (Å²) in [5.74, 6) is 0.546. The minimum atomic E-state index is -1.01. The molecule has 0 radical (unpaired) electrons. The zero-order chi connectivity index (χ0) is 13.8. The SMILES string of the molecule is CC(C)C1OCCC1CNc1cccc(C(=O)O)n1. The van der Waals surface area contributed by atoms with E-state index in [1.165, 1.54) is 6.07 Å². The van der Waals surface area contributed by atoms with Crippen molar-refractivity contribution >= 4 is 11.8 Å². The van der Waals surface area contributed by atoms with Crippen LogP contribution in [0.25, 0.3) is 0 Å². The maximum Gasteiger partial charge on any atom is 0.354 e. The van der Waals surface area contributed by atoms with Crippen molar-refractivity contribution in [1.82, 2.24) is 4.98 Å². The van der Waals surface area contributed by atoms with Crippen molar-refractivity contribution in [1.29, 1.82) is 0 Å². The molecule has 0 bridgehead atoms. The third-order valence-corrected chi connectivity index (χ3v) is 3.43. The topological polar surface area (TPSA) is 71.5 Å². The average molecular weight is 264 g/mol. The Kier molecular flexibility index (Phi) is 4.37. The molecule has 1 saturated heterocycles. The molecule has 0 saturated carbocycles. The molecule has 2 atom stereocenters. The smallest absolute Gasteiger partial charge is 0.354 e. The maximum absolute atomic E-state index is 10.8. The summed E-state index contributed by atoms with van der Waals surface area (Å²) < 4.78 is 5.72. The van der Waals surface area contributed by atoms with Crippen LogP contribution in [0.1, 0.15) is 30.8 Å². The predicted octanol–water partition coefficient (Wildman–Crippen LogP) is 2.25. The molecule has 0 aromatic carbocycles. The van der Waals surface area contributed by atoms with E-state index in [0.29, 0.717) is 17.7 Å². The van der Waals surface area contributed by atoms with Gasteiger partial charge < -0.3 is 15.2 Å². The van der Waals surface area contributed by atoms with Gasteiger partial charge in [0.15, 0.2) is 5.69 Å². The number of hydrogen-bond acceptors (Lipinski definition) is 4. The normalized spacial score (nSPS) is 22.7. The van der Waals surface area contributed by atoms with E-state index in [2.05, 4.69) is 24.1 Å². The molecular formula is C14H20N2O3. The highest BCUT2D eigenvalue weighted by atomic mass is 16.5. The largest absolute Gasteiger partial charge is 0.477 e. The summed E-state index contributed by atoms with van der Waals surface area (Å²) in [6.45, 7) is 5.88. The number of carboxylic acids is 1. The summed E-state index contributed by atoms with van der Waals surface area (Å²) in [6, 6.07) is 4.97. The second-order valence-corrected chi connectivity index (χ2v) is 5.22. The van der Waals surface area contributed by atoms with Gasteiger partial charge in [-0.3, -0.25) is 0 Å². The third kappa shape index (κ3) is 3.44. The molecule has 0 spiro atoms. The molecule has 1 fully saturated rings. The molecule has 1 aliphatic heterocycles. The van der Waals surface area contributed by atoms with Gasteiger partial charge in [-0.15, -0.1) is 0 Å². The molecule has 2 unspecified atom stereocenters. The number of carbonyl (C=O) groups is 1. The molecule has 2 rings (SSSR count). The summed E-state index contributed by atoms with van der Waals surface area (Å²) in [4.78, 5) is 14.9. The van der Waals surface area contributed by atoms with Gasteiger partial charge in [0.25, 0.3) is 0 Å². The first kappa shape index (κ1) is 13.8. The predicted molar refractivity (Wildman–Crippen MR) is 72.4 cm³/mol. The summed E-state index contributed by atoms with van der Waals surface area (Å²) in [7, 11) is 0. The zero-order valence-electron chi connectivity index (χ0n) is 11.3. The van der Waals surface area contributed by atoms with Crippen LogP contribution >= 0.6 is 0 Å². The average Bonchev–Trinajstić information content (AvgIpc) is 2.85. The van der Waals surface area contributed by atoms with Gasteiger partial charge in [0, 0.05) is 19.1 Å². The molecule has 19 heavy (non-hydrogen) atoms. The van der Waals surface area contributed by atoms with Crippen LogP contribution in [0.4, 0.5) is 5.82 Å². The van der Waals surface area contributed by atoms with Crippen molar-refractivity contribution in [2.45, 2.75) is 26.4 Å². The van der Waals surface area contributed by atoms with E-state index in [-0.39, 0.29) is 11.8 Å². The Hall–Kier alpha value is -1.62. The summed E-state index contributed by atoms with van der Waals surface area (Å²) in [5, 5.41) is 12.1. The van der Waals surface area contributed by atoms with E-state index in [9.17, 15) is 4.79 Å². The minimum Gasteiger partial charge on any atom is -0.477 e. The van der Waals surface area contributed by atoms with Crippen LogP contribution in [0.2, 0.25) is 0 Å². The van der Waals surface area contributed by atoms with E-state index >= 15 is 0 Å². The van der Waals surface area contributed by atoms with Crippen LogP contribution in [0.3, 0.4) is 0 Å². The number of hydrogen-bond donors (Lipinski definition) is 2. The third-order valence-electron chi connectivity index (χ3n) is 3.43. The van der Waals surface area contributed by atoms with Crippen molar-refractivity contribution in [3.63, 3.8) is 0 Å². The highest BCUT2D eigenvalue weighted by molar-refractivity contribution is 5.85. The Morgan fingerprint density at radius 3 is 3.05 bits per heavy atom. The fourth-order valence-corrected chi connectivity index (χ4v) is 2.50. The molecule has 0 amide bonds. The molecule has 5 heteroatoms. The maximum atomic E-state index is 10.8. The summed E-state index contributed by atoms with van der Waals surface area (Å²) >= 11 is 0. The number of nitrogens with zero attached hydrogens (tertiary/aromatic N) is 1. The summed E-state index contributed by atoms with van der Waals surface area (Å²) in [6.07, 6.45) is 1.31. The van der Waals surface area contributed by atoms with Gasteiger partial charge in [0.1, 0.15) is 5.82 Å². The van der Waals surface area contributed by atoms with Gasteiger partial charge in [-0.2, -0.15) is 0 Å². The number of aromatic nitrogens is 1. The van der Waals surface area contributed by atoms with Crippen molar-refractivity contribution in [2.24, 2.45) is 11.8 Å². The van der Waals surface area contributed by atoms with E-state index in [1.807, 2.05) is 0 Å². The van der Waals surface area contributed by atoms with Crippen molar-refractivity contribution in [2.75, 3.05) is 18.5 Å². The fourth-order valence-electron chi connectivity index (χ4n) is 2.50. The second kappa shape index (κ2) is 6.02. The molecule has 0 aliphatic carbocycles. The number of nitrogens with one attached hydrogen (secondary N) is 1. The van der Waals surface area contributed by atoms with Gasteiger partial charge in [-0.1, -0.05) is 19.9 Å². The number of ether oxygens (including phenoxy) is 1.